The van der Waals surface area contributed by atoms with E-state index in [1.807, 2.05) is 0 Å². The third kappa shape index (κ3) is 11.6. The van der Waals surface area contributed by atoms with Gasteiger partial charge in [-0.05, 0) is 25.9 Å². The Hall–Kier alpha value is 0.100. The van der Waals surface area contributed by atoms with Gasteiger partial charge in [0.2, 0.25) is 0 Å². The highest BCUT2D eigenvalue weighted by Gasteiger charge is 1.93. The molecule has 0 saturated carbocycles. The van der Waals surface area contributed by atoms with Gasteiger partial charge in [0.15, 0.2) is 0 Å². The average molecular weight is 165 g/mol. The Morgan fingerprint density at radius 2 is 1.11 bits per heavy atom. The molecule has 1 heterocycles. The van der Waals surface area contributed by atoms with Crippen LogP contribution in [0.3, 0.4) is 0 Å². The van der Waals surface area contributed by atoms with E-state index in [0.29, 0.717) is 0 Å². The van der Waals surface area contributed by atoms with Crippen LogP contribution in [0.4, 0.5) is 14.1 Å². The van der Waals surface area contributed by atoms with Gasteiger partial charge in [-0.2, -0.15) is 13.5 Å². The topological polar surface area (TPSA) is 12.0 Å². The van der Waals surface area contributed by atoms with Crippen molar-refractivity contribution in [2.75, 3.05) is 13.1 Å². The smallest absolute Gasteiger partial charge is 0.00484 e. The standard InChI is InChI=1S/C4H9N.3FH.H2S/c1-2-4-5-3-1;;;;/h5H,1-4H2;3*1H;1H2. The minimum Gasteiger partial charge on any atom is -0.317 e. The Kier molecular flexibility index (Phi) is 40.0. The largest absolute Gasteiger partial charge is 0.317 e. The first-order chi connectivity index (χ1) is 2.50. The first-order valence-electron chi connectivity index (χ1n) is 2.21. The Bertz CT molecular complexity index is 27.4. The van der Waals surface area contributed by atoms with Crippen LogP contribution < -0.4 is 5.32 Å². The first-order valence-corrected chi connectivity index (χ1v) is 2.21. The van der Waals surface area contributed by atoms with Crippen molar-refractivity contribution in [3.05, 3.63) is 0 Å². The van der Waals surface area contributed by atoms with E-state index in [1.54, 1.807) is 0 Å². The molecule has 0 aromatic heterocycles. The summed E-state index contributed by atoms with van der Waals surface area (Å²) >= 11 is 0. The van der Waals surface area contributed by atoms with E-state index in [1.165, 1.54) is 25.9 Å². The highest BCUT2D eigenvalue weighted by molar-refractivity contribution is 7.59. The van der Waals surface area contributed by atoms with Crippen molar-refractivity contribution in [2.45, 2.75) is 12.8 Å². The van der Waals surface area contributed by atoms with E-state index in [4.69, 9.17) is 0 Å². The molecule has 0 aromatic rings. The highest BCUT2D eigenvalue weighted by atomic mass is 32.1. The maximum Gasteiger partial charge on any atom is -0.00484 e. The molecule has 0 amide bonds. The molecule has 0 aromatic carbocycles. The Labute approximate surface area is 59.8 Å². The predicted molar refractivity (Wildman–Crippen MR) is 40.0 cm³/mol. The molecule has 1 rings (SSSR count). The maximum absolute atomic E-state index is 3.22. The molecule has 62 valence electrons. The van der Waals surface area contributed by atoms with Crippen molar-refractivity contribution in [3.8, 4) is 0 Å². The first kappa shape index (κ1) is 23.0. The number of halogens is 3. The van der Waals surface area contributed by atoms with E-state index in [9.17, 15) is 0 Å². The monoisotopic (exact) mass is 165 g/mol. The molecule has 1 aliphatic rings. The lowest BCUT2D eigenvalue weighted by molar-refractivity contribution is 0.857. The van der Waals surface area contributed by atoms with Gasteiger partial charge in [-0.15, -0.1) is 0 Å². The third-order valence-corrected chi connectivity index (χ3v) is 0.957. The molecule has 1 aliphatic heterocycles. The van der Waals surface area contributed by atoms with Crippen LogP contribution in [0.15, 0.2) is 0 Å². The molecule has 0 bridgehead atoms. The molecule has 0 unspecified atom stereocenters. The normalized spacial score (nSPS) is 13.3. The number of nitrogens with one attached hydrogen (secondary N) is 1. The molecule has 1 saturated heterocycles. The average Bonchev–Trinajstić information content (AvgIpc) is 1.76. The lowest BCUT2D eigenvalue weighted by Crippen LogP contribution is -2.03. The lowest BCUT2D eigenvalue weighted by Gasteiger charge is -1.76. The molecule has 1 nitrogen and oxygen atoms in total. The number of hydrogen-bond acceptors (Lipinski definition) is 1. The Morgan fingerprint density at radius 1 is 0.778 bits per heavy atom. The van der Waals surface area contributed by atoms with Crippen LogP contribution in [-0.4, -0.2) is 13.1 Å². The summed E-state index contributed by atoms with van der Waals surface area (Å²) in [5, 5.41) is 3.22. The fourth-order valence-corrected chi connectivity index (χ4v) is 0.625. The molecule has 0 spiro atoms. The van der Waals surface area contributed by atoms with Gasteiger partial charge in [-0.3, -0.25) is 14.1 Å². The van der Waals surface area contributed by atoms with Crippen LogP contribution in [0, 0.1) is 0 Å². The maximum atomic E-state index is 3.22. The highest BCUT2D eigenvalue weighted by Crippen LogP contribution is 1.90. The summed E-state index contributed by atoms with van der Waals surface area (Å²) in [7, 11) is 0. The zero-order valence-electron chi connectivity index (χ0n) is 5.05. The lowest BCUT2D eigenvalue weighted by atomic mass is 10.4. The van der Waals surface area contributed by atoms with Gasteiger partial charge in [-0.1, -0.05) is 0 Å². The molecule has 0 aliphatic carbocycles. The van der Waals surface area contributed by atoms with Crippen LogP contribution in [-0.2, 0) is 0 Å². The van der Waals surface area contributed by atoms with Crippen molar-refractivity contribution in [1.82, 2.24) is 5.32 Å². The Balaban J connectivity index is -0.0000000312. The van der Waals surface area contributed by atoms with Crippen molar-refractivity contribution in [1.29, 1.82) is 0 Å². The van der Waals surface area contributed by atoms with E-state index in [2.05, 4.69) is 5.32 Å². The fourth-order valence-electron chi connectivity index (χ4n) is 0.625. The van der Waals surface area contributed by atoms with E-state index in [0.717, 1.165) is 0 Å². The molecule has 1 N–H and O–H groups in total. The summed E-state index contributed by atoms with van der Waals surface area (Å²) in [6, 6.07) is 0. The summed E-state index contributed by atoms with van der Waals surface area (Å²) in [6.07, 6.45) is 2.78. The molecule has 0 radical (unpaired) electrons. The van der Waals surface area contributed by atoms with E-state index < -0.39 is 0 Å². The van der Waals surface area contributed by atoms with E-state index in [-0.39, 0.29) is 27.6 Å². The summed E-state index contributed by atoms with van der Waals surface area (Å²) < 4.78 is 0. The second-order valence-corrected chi connectivity index (χ2v) is 1.46. The quantitative estimate of drug-likeness (QED) is 0.563. The second-order valence-electron chi connectivity index (χ2n) is 1.46. The van der Waals surface area contributed by atoms with Crippen LogP contribution in [0.1, 0.15) is 12.8 Å². The van der Waals surface area contributed by atoms with Gasteiger partial charge in [0.25, 0.3) is 0 Å². The molecular weight excluding hydrogens is 151 g/mol. The number of rotatable bonds is 0. The van der Waals surface area contributed by atoms with Gasteiger partial charge in [0.1, 0.15) is 0 Å². The summed E-state index contributed by atoms with van der Waals surface area (Å²) in [5.41, 5.74) is 0. The van der Waals surface area contributed by atoms with Gasteiger partial charge in [0, 0.05) is 0 Å². The third-order valence-electron chi connectivity index (χ3n) is 0.957. The molecule has 5 heteroatoms. The van der Waals surface area contributed by atoms with Crippen molar-refractivity contribution < 1.29 is 14.1 Å². The zero-order valence-corrected chi connectivity index (χ0v) is 6.05. The van der Waals surface area contributed by atoms with Crippen molar-refractivity contribution in [3.63, 3.8) is 0 Å². The predicted octanol–water partition coefficient (Wildman–Crippen LogP) is 0.940. The summed E-state index contributed by atoms with van der Waals surface area (Å²) in [5.74, 6) is 0. The van der Waals surface area contributed by atoms with Crippen LogP contribution in [0.2, 0.25) is 0 Å². The van der Waals surface area contributed by atoms with Gasteiger partial charge in [-0.25, -0.2) is 0 Å². The van der Waals surface area contributed by atoms with Crippen molar-refractivity contribution >= 4 is 13.5 Å². The molecule has 0 atom stereocenters. The number of hydrogen-bond donors (Lipinski definition) is 1. The summed E-state index contributed by atoms with van der Waals surface area (Å²) in [4.78, 5) is 0. The molecule has 1 fully saturated rings. The van der Waals surface area contributed by atoms with Crippen LogP contribution in [0.5, 0.6) is 0 Å². The summed E-state index contributed by atoms with van der Waals surface area (Å²) in [6.45, 7) is 2.50. The second kappa shape index (κ2) is 15.7. The SMILES string of the molecule is C1CCNC1.F.F.F.S. The van der Waals surface area contributed by atoms with Gasteiger partial charge in [0.05, 0.1) is 0 Å². The Morgan fingerprint density at radius 3 is 1.22 bits per heavy atom. The molecule has 9 heavy (non-hydrogen) atoms. The van der Waals surface area contributed by atoms with Crippen LogP contribution in [0.25, 0.3) is 0 Å². The minimum absolute atomic E-state index is 0. The van der Waals surface area contributed by atoms with Gasteiger partial charge < -0.3 is 5.32 Å². The molecular formula is C4H14F3NS. The zero-order chi connectivity index (χ0) is 3.54. The van der Waals surface area contributed by atoms with Gasteiger partial charge >= 0.3 is 0 Å². The minimum atomic E-state index is 0. The van der Waals surface area contributed by atoms with Crippen LogP contribution >= 0.6 is 13.5 Å². The van der Waals surface area contributed by atoms with E-state index >= 15 is 0 Å². The van der Waals surface area contributed by atoms with Crippen molar-refractivity contribution in [2.24, 2.45) is 0 Å². The fraction of sp³-hybridized carbons (Fsp3) is 1.00.